The highest BCUT2D eigenvalue weighted by Crippen LogP contribution is 2.50. The summed E-state index contributed by atoms with van der Waals surface area (Å²) in [6.07, 6.45) is 0. The van der Waals surface area contributed by atoms with Gasteiger partial charge in [-0.25, -0.2) is 14.4 Å². The minimum absolute atomic E-state index is 0.0557. The molecular weight excluding hydrogens is 466 g/mol. The number of hydrogen-bond donors (Lipinski definition) is 0. The molecule has 5 nitrogen and oxygen atoms in total. The van der Waals surface area contributed by atoms with Crippen molar-refractivity contribution in [3.63, 3.8) is 0 Å². The van der Waals surface area contributed by atoms with Crippen LogP contribution < -0.4 is 0 Å². The molecule has 10 rings (SSSR count). The maximum Gasteiger partial charge on any atom is 0.223 e. The average molecular weight is 488 g/mol. The Hall–Kier alpha value is -4.90. The van der Waals surface area contributed by atoms with E-state index >= 15 is 0 Å². The van der Waals surface area contributed by atoms with Crippen LogP contribution >= 0.6 is 0 Å². The highest BCUT2D eigenvalue weighted by Gasteiger charge is 2.36. The molecule has 0 aliphatic heterocycles. The van der Waals surface area contributed by atoms with Gasteiger partial charge in [-0.1, -0.05) is 74.5 Å². The zero-order chi connectivity index (χ0) is 24.9. The number of aromatic nitrogens is 5. The molecule has 38 heavy (non-hydrogen) atoms. The van der Waals surface area contributed by atoms with Crippen LogP contribution in [0.5, 0.6) is 0 Å². The molecule has 178 valence electrons. The molecule has 4 heterocycles. The van der Waals surface area contributed by atoms with E-state index in [9.17, 15) is 0 Å². The first-order chi connectivity index (χ1) is 18.6. The van der Waals surface area contributed by atoms with Gasteiger partial charge in [0, 0.05) is 10.8 Å². The number of nitrogens with zero attached hydrogens (tertiary/aromatic N) is 5. The van der Waals surface area contributed by atoms with Crippen molar-refractivity contribution in [3.8, 4) is 11.1 Å². The van der Waals surface area contributed by atoms with E-state index in [1.54, 1.807) is 0 Å². The lowest BCUT2D eigenvalue weighted by Crippen LogP contribution is -2.14. The number of rotatable bonds is 0. The Morgan fingerprint density at radius 1 is 0.579 bits per heavy atom. The summed E-state index contributed by atoms with van der Waals surface area (Å²) in [5.74, 6) is 1.82. The van der Waals surface area contributed by atoms with E-state index in [0.29, 0.717) is 0 Å². The molecule has 0 saturated carbocycles. The fourth-order valence-corrected chi connectivity index (χ4v) is 7.23. The highest BCUT2D eigenvalue weighted by molar-refractivity contribution is 6.09. The van der Waals surface area contributed by atoms with Crippen LogP contribution in [-0.2, 0) is 5.41 Å². The van der Waals surface area contributed by atoms with E-state index in [-0.39, 0.29) is 5.41 Å². The summed E-state index contributed by atoms with van der Waals surface area (Å²) in [4.78, 5) is 10.5. The average Bonchev–Trinajstić information content (AvgIpc) is 3.70. The van der Waals surface area contributed by atoms with Crippen molar-refractivity contribution in [3.05, 3.63) is 102 Å². The molecule has 4 aromatic heterocycles. The quantitative estimate of drug-likeness (QED) is 0.221. The minimum Gasteiger partial charge on any atom is -0.276 e. The lowest BCUT2D eigenvalue weighted by atomic mass is 9.82. The van der Waals surface area contributed by atoms with Crippen LogP contribution in [0.15, 0.2) is 91.0 Å². The second-order valence-corrected chi connectivity index (χ2v) is 11.2. The molecule has 0 fully saturated rings. The molecule has 0 bridgehead atoms. The van der Waals surface area contributed by atoms with Crippen LogP contribution in [-0.4, -0.2) is 23.2 Å². The number of hydrogen-bond acceptors (Lipinski definition) is 2. The normalized spacial score (nSPS) is 14.8. The third-order valence-corrected chi connectivity index (χ3v) is 8.97. The summed E-state index contributed by atoms with van der Waals surface area (Å²) in [5, 5.41) is 2.38. The molecular formula is C33H21N5. The van der Waals surface area contributed by atoms with Crippen LogP contribution in [0, 0.1) is 0 Å². The Balaban J connectivity index is 1.40. The maximum atomic E-state index is 5.26. The van der Waals surface area contributed by atoms with Crippen molar-refractivity contribution in [1.82, 2.24) is 23.2 Å². The molecule has 5 aromatic carbocycles. The Labute approximate surface area is 216 Å². The van der Waals surface area contributed by atoms with Gasteiger partial charge < -0.3 is 0 Å². The third kappa shape index (κ3) is 1.95. The van der Waals surface area contributed by atoms with Crippen molar-refractivity contribution in [1.29, 1.82) is 0 Å². The van der Waals surface area contributed by atoms with Crippen LogP contribution in [0.1, 0.15) is 25.0 Å². The van der Waals surface area contributed by atoms with E-state index in [4.69, 9.17) is 9.97 Å². The summed E-state index contributed by atoms with van der Waals surface area (Å²) in [6, 6.07) is 32.9. The molecule has 1 aliphatic rings. The maximum absolute atomic E-state index is 5.26. The molecule has 0 N–H and O–H groups in total. The van der Waals surface area contributed by atoms with Gasteiger partial charge in [-0.15, -0.1) is 0 Å². The summed E-state index contributed by atoms with van der Waals surface area (Å²) < 4.78 is 6.88. The SMILES string of the molecule is CC1(C)c2ccccc2-c2cc3nc4n(c3cc21)c1cccc2c1n4c1nc3c4ccccc4ccc3n21. The first-order valence-corrected chi connectivity index (χ1v) is 13.1. The topological polar surface area (TPSA) is 39.0 Å². The van der Waals surface area contributed by atoms with Gasteiger partial charge in [-0.05, 0) is 58.0 Å². The molecule has 9 aromatic rings. The van der Waals surface area contributed by atoms with Crippen molar-refractivity contribution < 1.29 is 0 Å². The summed E-state index contributed by atoms with van der Waals surface area (Å²) in [5.41, 5.74) is 13.1. The molecule has 0 saturated heterocycles. The fraction of sp³-hybridized carbons (Fsp3) is 0.0909. The van der Waals surface area contributed by atoms with Crippen molar-refractivity contribution >= 4 is 60.9 Å². The first-order valence-electron chi connectivity index (χ1n) is 13.1. The first kappa shape index (κ1) is 19.2. The zero-order valence-electron chi connectivity index (χ0n) is 20.9. The number of imidazole rings is 4. The smallest absolute Gasteiger partial charge is 0.223 e. The van der Waals surface area contributed by atoms with Crippen LogP contribution in [0.25, 0.3) is 72.1 Å². The predicted octanol–water partition coefficient (Wildman–Crippen LogP) is 7.59. The second-order valence-electron chi connectivity index (χ2n) is 11.2. The molecule has 5 heteroatoms. The summed E-state index contributed by atoms with van der Waals surface area (Å²) in [7, 11) is 0. The van der Waals surface area contributed by atoms with E-state index in [1.165, 1.54) is 33.0 Å². The van der Waals surface area contributed by atoms with Gasteiger partial charge in [0.1, 0.15) is 5.52 Å². The lowest BCUT2D eigenvalue weighted by molar-refractivity contribution is 0.661. The molecule has 0 atom stereocenters. The van der Waals surface area contributed by atoms with Crippen LogP contribution in [0.4, 0.5) is 0 Å². The standard InChI is InChI=1S/C33H21N5/c1-33(2)22-11-6-5-10-20(22)21-16-24-28(17-23(21)33)37-27-13-7-12-26-30(27)38(31(37)34-24)32-35-29-19-9-4-3-8-18(19)14-15-25(29)36(26)32/h3-17H,1-2H3. The zero-order valence-corrected chi connectivity index (χ0v) is 20.9. The van der Waals surface area contributed by atoms with Gasteiger partial charge in [-0.2, -0.15) is 0 Å². The molecule has 0 amide bonds. The van der Waals surface area contributed by atoms with Crippen molar-refractivity contribution in [2.75, 3.05) is 0 Å². The predicted molar refractivity (Wildman–Crippen MR) is 154 cm³/mol. The Kier molecular flexibility index (Phi) is 3.02. The summed E-state index contributed by atoms with van der Waals surface area (Å²) in [6.45, 7) is 4.66. The van der Waals surface area contributed by atoms with Crippen LogP contribution in [0.2, 0.25) is 0 Å². The third-order valence-electron chi connectivity index (χ3n) is 8.97. The Morgan fingerprint density at radius 3 is 2.24 bits per heavy atom. The molecule has 1 aliphatic carbocycles. The van der Waals surface area contributed by atoms with Crippen molar-refractivity contribution in [2.24, 2.45) is 0 Å². The highest BCUT2D eigenvalue weighted by atomic mass is 15.3. The number of benzene rings is 5. The molecule has 0 radical (unpaired) electrons. The van der Waals surface area contributed by atoms with Gasteiger partial charge in [0.25, 0.3) is 0 Å². The Bertz CT molecular complexity index is 2480. The number of fused-ring (bicyclic) bond motifs is 15. The second kappa shape index (κ2) is 5.97. The fourth-order valence-electron chi connectivity index (χ4n) is 7.23. The monoisotopic (exact) mass is 487 g/mol. The van der Waals surface area contributed by atoms with Gasteiger partial charge in [0.05, 0.1) is 33.1 Å². The largest absolute Gasteiger partial charge is 0.276 e. The van der Waals surface area contributed by atoms with E-state index in [0.717, 1.165) is 50.2 Å². The minimum atomic E-state index is -0.0557. The van der Waals surface area contributed by atoms with E-state index < -0.39 is 0 Å². The lowest BCUT2D eigenvalue weighted by Gasteiger charge is -2.21. The van der Waals surface area contributed by atoms with E-state index in [2.05, 4.69) is 118 Å². The van der Waals surface area contributed by atoms with Gasteiger partial charge in [0.2, 0.25) is 11.6 Å². The Morgan fingerprint density at radius 2 is 1.34 bits per heavy atom. The van der Waals surface area contributed by atoms with E-state index in [1.807, 2.05) is 0 Å². The van der Waals surface area contributed by atoms with Gasteiger partial charge in [0.15, 0.2) is 0 Å². The van der Waals surface area contributed by atoms with Crippen LogP contribution in [0.3, 0.4) is 0 Å². The molecule has 0 unspecified atom stereocenters. The number of para-hydroxylation sites is 1. The van der Waals surface area contributed by atoms with Gasteiger partial charge in [-0.3, -0.25) is 8.80 Å². The molecule has 0 spiro atoms. The van der Waals surface area contributed by atoms with Crippen molar-refractivity contribution in [2.45, 2.75) is 19.3 Å². The van der Waals surface area contributed by atoms with Gasteiger partial charge >= 0.3 is 0 Å². The summed E-state index contributed by atoms with van der Waals surface area (Å²) >= 11 is 0.